The first kappa shape index (κ1) is 17.2. The Hall–Kier alpha value is -0.850. The van der Waals surface area contributed by atoms with E-state index in [2.05, 4.69) is 5.32 Å². The van der Waals surface area contributed by atoms with Crippen LogP contribution >= 0.6 is 12.4 Å². The van der Waals surface area contributed by atoms with E-state index >= 15 is 0 Å². The second kappa shape index (κ2) is 7.24. The van der Waals surface area contributed by atoms with E-state index in [-0.39, 0.29) is 24.2 Å². The third-order valence-electron chi connectivity index (χ3n) is 4.27. The number of aliphatic hydroxyl groups is 1. The van der Waals surface area contributed by atoms with Crippen LogP contribution in [0.3, 0.4) is 0 Å². The molecule has 0 radical (unpaired) electrons. The van der Waals surface area contributed by atoms with Crippen molar-refractivity contribution in [2.75, 3.05) is 26.2 Å². The van der Waals surface area contributed by atoms with E-state index in [1.54, 1.807) is 4.90 Å². The predicted molar refractivity (Wildman–Crippen MR) is 77.4 cm³/mol. The molecule has 7 heteroatoms. The summed E-state index contributed by atoms with van der Waals surface area (Å²) < 4.78 is 0. The number of rotatable bonds is 3. The molecule has 0 aromatic heterocycles. The highest BCUT2D eigenvalue weighted by molar-refractivity contribution is 5.86. The summed E-state index contributed by atoms with van der Waals surface area (Å²) in [6.07, 6.45) is 2.42. The Morgan fingerprint density at radius 3 is 2.95 bits per heavy atom. The minimum atomic E-state index is -0.797. The fourth-order valence-corrected chi connectivity index (χ4v) is 3.07. The molecule has 2 amide bonds. The topological polar surface area (TPSA) is 95.7 Å². The summed E-state index contributed by atoms with van der Waals surface area (Å²) in [5.74, 6) is -0.0716. The van der Waals surface area contributed by atoms with Gasteiger partial charge in [0, 0.05) is 26.1 Å². The lowest BCUT2D eigenvalue weighted by Gasteiger charge is -2.46. The third-order valence-corrected chi connectivity index (χ3v) is 4.27. The number of carbonyl (C=O) groups excluding carboxylic acids is 2. The van der Waals surface area contributed by atoms with Crippen LogP contribution in [-0.2, 0) is 9.59 Å². The van der Waals surface area contributed by atoms with Crippen LogP contribution in [0.15, 0.2) is 0 Å². The number of carbonyl (C=O) groups is 2. The van der Waals surface area contributed by atoms with Crippen molar-refractivity contribution in [2.45, 2.75) is 38.2 Å². The molecule has 0 aromatic carbocycles. The largest absolute Gasteiger partial charge is 0.392 e. The van der Waals surface area contributed by atoms with Crippen LogP contribution < -0.4 is 11.1 Å². The van der Waals surface area contributed by atoms with Crippen LogP contribution in [0.2, 0.25) is 0 Å². The molecule has 1 spiro atoms. The molecule has 0 bridgehead atoms. The van der Waals surface area contributed by atoms with E-state index in [0.29, 0.717) is 51.9 Å². The van der Waals surface area contributed by atoms with E-state index in [9.17, 15) is 14.7 Å². The maximum atomic E-state index is 12.1. The van der Waals surface area contributed by atoms with Crippen LogP contribution in [0.25, 0.3) is 0 Å². The summed E-state index contributed by atoms with van der Waals surface area (Å²) in [5, 5.41) is 13.0. The summed E-state index contributed by atoms with van der Waals surface area (Å²) >= 11 is 0. The van der Waals surface area contributed by atoms with E-state index in [0.717, 1.165) is 6.42 Å². The maximum absolute atomic E-state index is 12.1. The molecule has 2 rings (SSSR count). The van der Waals surface area contributed by atoms with Crippen molar-refractivity contribution in [3.63, 3.8) is 0 Å². The summed E-state index contributed by atoms with van der Waals surface area (Å²) in [7, 11) is 0. The first-order valence-corrected chi connectivity index (χ1v) is 7.04. The predicted octanol–water partition coefficient (Wildman–Crippen LogP) is -0.363. The van der Waals surface area contributed by atoms with Crippen molar-refractivity contribution >= 4 is 24.2 Å². The summed E-state index contributed by atoms with van der Waals surface area (Å²) in [6.45, 7) is 2.02. The molecule has 0 unspecified atom stereocenters. The number of amides is 2. The van der Waals surface area contributed by atoms with Crippen molar-refractivity contribution in [2.24, 2.45) is 11.1 Å². The lowest BCUT2D eigenvalue weighted by atomic mass is 9.71. The Morgan fingerprint density at radius 2 is 2.30 bits per heavy atom. The smallest absolute Gasteiger partial charge is 0.230 e. The van der Waals surface area contributed by atoms with Crippen molar-refractivity contribution in [1.82, 2.24) is 10.2 Å². The minimum absolute atomic E-state index is 0. The van der Waals surface area contributed by atoms with Crippen LogP contribution in [0.1, 0.15) is 32.1 Å². The number of hydrogen-bond acceptors (Lipinski definition) is 4. The number of nitrogens with zero attached hydrogens (tertiary/aromatic N) is 1. The van der Waals surface area contributed by atoms with Crippen molar-refractivity contribution in [1.29, 1.82) is 0 Å². The van der Waals surface area contributed by atoms with E-state index in [1.165, 1.54) is 0 Å². The van der Waals surface area contributed by atoms with Gasteiger partial charge in [0.15, 0.2) is 0 Å². The summed E-state index contributed by atoms with van der Waals surface area (Å²) in [4.78, 5) is 25.9. The second-order valence-electron chi connectivity index (χ2n) is 5.53. The summed E-state index contributed by atoms with van der Waals surface area (Å²) in [6, 6.07) is 0. The van der Waals surface area contributed by atoms with Crippen LogP contribution in [0.5, 0.6) is 0 Å². The number of nitrogens with one attached hydrogen (secondary N) is 1. The molecule has 0 aliphatic carbocycles. The lowest BCUT2D eigenvalue weighted by molar-refractivity contribution is -0.154. The van der Waals surface area contributed by atoms with Gasteiger partial charge in [0.2, 0.25) is 11.8 Å². The zero-order valence-electron chi connectivity index (χ0n) is 11.6. The third kappa shape index (κ3) is 3.24. The molecular formula is C13H24ClN3O3. The molecule has 2 atom stereocenters. The maximum Gasteiger partial charge on any atom is 0.230 e. The van der Waals surface area contributed by atoms with Gasteiger partial charge >= 0.3 is 0 Å². The molecule has 0 saturated carbocycles. The van der Waals surface area contributed by atoms with Crippen molar-refractivity contribution in [3.05, 3.63) is 0 Å². The number of hydrogen-bond donors (Lipinski definition) is 3. The van der Waals surface area contributed by atoms with Crippen molar-refractivity contribution in [3.8, 4) is 0 Å². The first-order valence-electron chi connectivity index (χ1n) is 7.04. The highest BCUT2D eigenvalue weighted by Crippen LogP contribution is 2.37. The number of piperidine rings is 2. The monoisotopic (exact) mass is 305 g/mol. The molecule has 116 valence electrons. The van der Waals surface area contributed by atoms with Gasteiger partial charge in [-0.3, -0.25) is 9.59 Å². The quantitative estimate of drug-likeness (QED) is 0.663. The highest BCUT2D eigenvalue weighted by Gasteiger charge is 2.50. The van der Waals surface area contributed by atoms with Gasteiger partial charge in [-0.25, -0.2) is 0 Å². The van der Waals surface area contributed by atoms with Gasteiger partial charge in [0.1, 0.15) is 0 Å². The van der Waals surface area contributed by atoms with Crippen LogP contribution in [0.4, 0.5) is 0 Å². The number of aliphatic hydroxyl groups excluding tert-OH is 1. The zero-order valence-corrected chi connectivity index (χ0v) is 12.5. The molecule has 0 aromatic rings. The molecule has 6 nitrogen and oxygen atoms in total. The molecule has 2 fully saturated rings. The van der Waals surface area contributed by atoms with E-state index < -0.39 is 11.5 Å². The van der Waals surface area contributed by atoms with Crippen molar-refractivity contribution < 1.29 is 14.7 Å². The second-order valence-corrected chi connectivity index (χ2v) is 5.53. The Morgan fingerprint density at radius 1 is 1.55 bits per heavy atom. The van der Waals surface area contributed by atoms with Gasteiger partial charge in [0.25, 0.3) is 0 Å². The number of nitrogens with two attached hydrogens (primary N) is 1. The van der Waals surface area contributed by atoms with E-state index in [1.807, 2.05) is 0 Å². The molecule has 20 heavy (non-hydrogen) atoms. The standard InChI is InChI=1S/C13H23N3O3.ClH/c14-6-1-3-11(18)16-8-4-10(17)13(9-16)5-2-7-15-12(13)19;/h10,17H,1-9,14H2,(H,15,19);1H/t10-,13-;/m1./s1. The van der Waals surface area contributed by atoms with Gasteiger partial charge in [-0.15, -0.1) is 12.4 Å². The molecule has 2 heterocycles. The number of likely N-dealkylation sites (tertiary alicyclic amines) is 1. The molecule has 2 aliphatic heterocycles. The van der Waals surface area contributed by atoms with Gasteiger partial charge in [-0.05, 0) is 32.2 Å². The lowest BCUT2D eigenvalue weighted by Crippen LogP contribution is -2.62. The Bertz CT molecular complexity index is 367. The fraction of sp³-hybridized carbons (Fsp3) is 0.846. The van der Waals surface area contributed by atoms with Crippen LogP contribution in [-0.4, -0.2) is 54.1 Å². The molecule has 2 aliphatic rings. The van der Waals surface area contributed by atoms with Gasteiger partial charge < -0.3 is 21.1 Å². The van der Waals surface area contributed by atoms with Crippen LogP contribution in [0, 0.1) is 5.41 Å². The Balaban J connectivity index is 0.00000200. The van der Waals surface area contributed by atoms with Gasteiger partial charge in [0.05, 0.1) is 11.5 Å². The SMILES string of the molecule is Cl.NCCCC(=O)N1CC[C@@H](O)[C@@]2(CCCNC2=O)C1. The number of halogens is 1. The molecular weight excluding hydrogens is 282 g/mol. The zero-order chi connectivity index (χ0) is 13.9. The highest BCUT2D eigenvalue weighted by atomic mass is 35.5. The Labute approximate surface area is 125 Å². The normalized spacial score (nSPS) is 29.8. The average Bonchev–Trinajstić information content (AvgIpc) is 2.42. The summed E-state index contributed by atoms with van der Waals surface area (Å²) in [5.41, 5.74) is 4.62. The Kier molecular flexibility index (Phi) is 6.23. The minimum Gasteiger partial charge on any atom is -0.392 e. The van der Waals surface area contributed by atoms with Gasteiger partial charge in [-0.1, -0.05) is 0 Å². The molecule has 2 saturated heterocycles. The molecule has 4 N–H and O–H groups in total. The first-order chi connectivity index (χ1) is 9.10. The van der Waals surface area contributed by atoms with E-state index in [4.69, 9.17) is 5.73 Å². The fourth-order valence-electron chi connectivity index (χ4n) is 3.07. The average molecular weight is 306 g/mol. The van der Waals surface area contributed by atoms with Gasteiger partial charge in [-0.2, -0.15) is 0 Å².